The number of nitrogens with zero attached hydrogens (tertiary/aromatic N) is 1. The van der Waals surface area contributed by atoms with Crippen molar-refractivity contribution in [2.45, 2.75) is 296 Å². The van der Waals surface area contributed by atoms with Gasteiger partial charge in [0.1, 0.15) is 13.2 Å². The first-order valence-corrected chi connectivity index (χ1v) is 31.5. The van der Waals surface area contributed by atoms with Gasteiger partial charge in [-0.15, -0.1) is 0 Å². The molecule has 0 saturated carbocycles. The molecule has 1 amide bonds. The SMILES string of the molecule is CCCCCCCCC/C=C/CC/C=C/CC/C=C/C(O)C(COP(=O)([O-])OCC[N+](C)(C)C)NC(=O)CCCCCCCCCCCCCCCCCCCCC/C=C\CCCCCCCCCC. The second kappa shape index (κ2) is 52.3. The summed E-state index contributed by atoms with van der Waals surface area (Å²) >= 11 is 0. The van der Waals surface area contributed by atoms with Gasteiger partial charge in [0, 0.05) is 6.42 Å². The number of hydrogen-bond donors (Lipinski definition) is 2. The lowest BCUT2D eigenvalue weighted by Gasteiger charge is -2.29. The summed E-state index contributed by atoms with van der Waals surface area (Å²) in [4.78, 5) is 25.5. The first-order valence-electron chi connectivity index (χ1n) is 30.0. The third-order valence-corrected chi connectivity index (χ3v) is 14.5. The van der Waals surface area contributed by atoms with E-state index in [1.807, 2.05) is 27.2 Å². The van der Waals surface area contributed by atoms with Crippen LogP contribution in [0, 0.1) is 0 Å². The number of unbranched alkanes of at least 4 members (excludes halogenated alkanes) is 36. The van der Waals surface area contributed by atoms with Crippen LogP contribution in [0.25, 0.3) is 0 Å². The molecule has 0 rings (SSSR count). The number of aliphatic hydroxyl groups excluding tert-OH is 1. The molecule has 0 spiro atoms. The zero-order chi connectivity index (χ0) is 51.3. The smallest absolute Gasteiger partial charge is 0.268 e. The Balaban J connectivity index is 4.11. The van der Waals surface area contributed by atoms with E-state index in [0.717, 1.165) is 44.9 Å². The van der Waals surface area contributed by atoms with Gasteiger partial charge in [0.15, 0.2) is 0 Å². The van der Waals surface area contributed by atoms with Crippen molar-refractivity contribution in [3.05, 3.63) is 48.6 Å². The monoisotopic (exact) mass is 1000 g/mol. The number of likely N-dealkylation sites (N-methyl/N-ethyl adjacent to an activating group) is 1. The molecule has 70 heavy (non-hydrogen) atoms. The molecule has 3 unspecified atom stereocenters. The van der Waals surface area contributed by atoms with E-state index in [4.69, 9.17) is 9.05 Å². The highest BCUT2D eigenvalue weighted by Gasteiger charge is 2.23. The van der Waals surface area contributed by atoms with Gasteiger partial charge in [-0.2, -0.15) is 0 Å². The lowest BCUT2D eigenvalue weighted by Crippen LogP contribution is -2.45. The minimum absolute atomic E-state index is 0.00850. The van der Waals surface area contributed by atoms with Crippen LogP contribution >= 0.6 is 7.82 Å². The molecule has 0 radical (unpaired) electrons. The van der Waals surface area contributed by atoms with Crippen LogP contribution in [0.4, 0.5) is 0 Å². The minimum Gasteiger partial charge on any atom is -0.756 e. The summed E-state index contributed by atoms with van der Waals surface area (Å²) in [5.41, 5.74) is 0. The van der Waals surface area contributed by atoms with Gasteiger partial charge < -0.3 is 28.8 Å². The average molecular weight is 1010 g/mol. The predicted molar refractivity (Wildman–Crippen MR) is 302 cm³/mol. The molecule has 0 aromatic heterocycles. The quantitative estimate of drug-likeness (QED) is 0.0272. The molecule has 0 bridgehead atoms. The molecule has 412 valence electrons. The van der Waals surface area contributed by atoms with Crippen molar-refractivity contribution in [2.24, 2.45) is 0 Å². The van der Waals surface area contributed by atoms with E-state index in [2.05, 4.69) is 55.6 Å². The lowest BCUT2D eigenvalue weighted by molar-refractivity contribution is -0.870. The molecule has 0 fully saturated rings. The maximum Gasteiger partial charge on any atom is 0.268 e. The number of nitrogens with one attached hydrogen (secondary N) is 1. The number of carbonyl (C=O) groups excluding carboxylic acids is 1. The Kier molecular flexibility index (Phi) is 51.2. The van der Waals surface area contributed by atoms with E-state index in [0.29, 0.717) is 17.4 Å². The fourth-order valence-corrected chi connectivity index (χ4v) is 9.49. The molecule has 0 aliphatic heterocycles. The second-order valence-corrected chi connectivity index (χ2v) is 23.1. The topological polar surface area (TPSA) is 108 Å². The summed E-state index contributed by atoms with van der Waals surface area (Å²) in [6, 6.07) is -0.909. The van der Waals surface area contributed by atoms with Crippen LogP contribution in [0.5, 0.6) is 0 Å². The number of hydrogen-bond acceptors (Lipinski definition) is 6. The Morgan fingerprint density at radius 1 is 0.486 bits per heavy atom. The molecule has 9 heteroatoms. The van der Waals surface area contributed by atoms with Gasteiger partial charge in [-0.25, -0.2) is 0 Å². The van der Waals surface area contributed by atoms with Crippen molar-refractivity contribution >= 4 is 13.7 Å². The van der Waals surface area contributed by atoms with E-state index in [1.165, 1.54) is 218 Å². The van der Waals surface area contributed by atoms with Crippen LogP contribution in [0.1, 0.15) is 284 Å². The normalized spacial score (nSPS) is 14.2. The van der Waals surface area contributed by atoms with Crippen LogP contribution in [0.15, 0.2) is 48.6 Å². The Morgan fingerprint density at radius 3 is 1.16 bits per heavy atom. The predicted octanol–water partition coefficient (Wildman–Crippen LogP) is 17.7. The standard InChI is InChI=1S/C61H117N2O6P/c1-6-8-10-12-14-16-18-20-22-24-25-26-27-28-29-30-31-32-33-34-35-36-37-39-41-43-45-47-49-51-53-55-61(65)62-59(58-69-70(66,67)68-57-56-63(3,4)5)60(64)54-52-50-48-46-44-42-40-38-23-21-19-17-15-13-11-9-7-2/h23-25,38,44,46,52,54,59-60,64H,6-22,26-37,39-43,45,47-51,53,55-58H2,1-5H3,(H-,62,65,66,67)/b25-24-,38-23+,46-44+,54-52+. The highest BCUT2D eigenvalue weighted by atomic mass is 31.2. The maximum absolute atomic E-state index is 13.0. The van der Waals surface area contributed by atoms with Gasteiger partial charge in [-0.1, -0.05) is 255 Å². The first kappa shape index (κ1) is 68.5. The summed E-state index contributed by atoms with van der Waals surface area (Å²) in [6.07, 6.45) is 69.2. The number of phosphoric ester groups is 1. The zero-order valence-electron chi connectivity index (χ0n) is 47.0. The van der Waals surface area contributed by atoms with Gasteiger partial charge in [0.25, 0.3) is 7.82 Å². The highest BCUT2D eigenvalue weighted by molar-refractivity contribution is 7.45. The Hall–Kier alpha value is -1.54. The van der Waals surface area contributed by atoms with E-state index < -0.39 is 26.6 Å². The van der Waals surface area contributed by atoms with Gasteiger partial charge in [0.2, 0.25) is 5.91 Å². The maximum atomic E-state index is 13.0. The third kappa shape index (κ3) is 54.2. The molecule has 3 atom stereocenters. The molecule has 0 aromatic carbocycles. The Bertz CT molecular complexity index is 1280. The molecule has 0 aromatic rings. The molecule has 0 aliphatic carbocycles. The number of phosphoric acid groups is 1. The van der Waals surface area contributed by atoms with Crippen molar-refractivity contribution in [3.63, 3.8) is 0 Å². The summed E-state index contributed by atoms with van der Waals surface area (Å²) in [6.45, 7) is 4.64. The Morgan fingerprint density at radius 2 is 0.800 bits per heavy atom. The fraction of sp³-hybridized carbons (Fsp3) is 0.852. The first-order chi connectivity index (χ1) is 34.0. The molecule has 0 saturated heterocycles. The van der Waals surface area contributed by atoms with Crippen LogP contribution in [-0.2, 0) is 18.4 Å². The van der Waals surface area contributed by atoms with Crippen molar-refractivity contribution < 1.29 is 32.9 Å². The van der Waals surface area contributed by atoms with Crippen LogP contribution in [-0.4, -0.2) is 68.5 Å². The minimum atomic E-state index is -4.61. The molecular weight excluding hydrogens is 888 g/mol. The molecule has 8 nitrogen and oxygen atoms in total. The van der Waals surface area contributed by atoms with Gasteiger partial charge in [-0.05, 0) is 70.6 Å². The van der Waals surface area contributed by atoms with E-state index in [9.17, 15) is 19.4 Å². The van der Waals surface area contributed by atoms with E-state index in [-0.39, 0.29) is 12.5 Å². The number of allylic oxidation sites excluding steroid dienone is 7. The third-order valence-electron chi connectivity index (χ3n) is 13.5. The van der Waals surface area contributed by atoms with Gasteiger partial charge >= 0.3 is 0 Å². The Labute approximate surface area is 435 Å². The summed E-state index contributed by atoms with van der Waals surface area (Å²) in [7, 11) is 1.24. The number of aliphatic hydroxyl groups is 1. The van der Waals surface area contributed by atoms with Crippen molar-refractivity contribution in [1.82, 2.24) is 5.32 Å². The average Bonchev–Trinajstić information content (AvgIpc) is 3.32. The number of rotatable bonds is 55. The van der Waals surface area contributed by atoms with Crippen LogP contribution < -0.4 is 10.2 Å². The van der Waals surface area contributed by atoms with Gasteiger partial charge in [0.05, 0.1) is 39.9 Å². The fourth-order valence-electron chi connectivity index (χ4n) is 8.77. The van der Waals surface area contributed by atoms with Crippen molar-refractivity contribution in [3.8, 4) is 0 Å². The molecule has 0 heterocycles. The summed E-state index contributed by atoms with van der Waals surface area (Å²) in [5.74, 6) is -0.208. The zero-order valence-corrected chi connectivity index (χ0v) is 47.9. The molecular formula is C61H117N2O6P. The van der Waals surface area contributed by atoms with Crippen molar-refractivity contribution in [2.75, 3.05) is 40.9 Å². The summed E-state index contributed by atoms with van der Waals surface area (Å²) < 4.78 is 23.3. The van der Waals surface area contributed by atoms with E-state index >= 15 is 0 Å². The molecule has 0 aliphatic rings. The van der Waals surface area contributed by atoms with Crippen molar-refractivity contribution in [1.29, 1.82) is 0 Å². The lowest BCUT2D eigenvalue weighted by atomic mass is 10.0. The number of carbonyl (C=O) groups is 1. The van der Waals surface area contributed by atoms with E-state index in [1.54, 1.807) is 6.08 Å². The van der Waals surface area contributed by atoms with Crippen LogP contribution in [0.2, 0.25) is 0 Å². The van der Waals surface area contributed by atoms with Crippen LogP contribution in [0.3, 0.4) is 0 Å². The molecule has 2 N–H and O–H groups in total. The highest BCUT2D eigenvalue weighted by Crippen LogP contribution is 2.38. The summed E-state index contributed by atoms with van der Waals surface area (Å²) in [5, 5.41) is 13.9. The largest absolute Gasteiger partial charge is 0.756 e. The number of amides is 1. The number of quaternary nitrogens is 1. The second-order valence-electron chi connectivity index (χ2n) is 21.7. The van der Waals surface area contributed by atoms with Gasteiger partial charge in [-0.3, -0.25) is 9.36 Å².